The summed E-state index contributed by atoms with van der Waals surface area (Å²) in [6.45, 7) is 2.87. The molecule has 1 atom stereocenters. The van der Waals surface area contributed by atoms with Gasteiger partial charge in [0.05, 0.1) is 38.1 Å². The van der Waals surface area contributed by atoms with Gasteiger partial charge in [0.1, 0.15) is 27.4 Å². The van der Waals surface area contributed by atoms with Crippen LogP contribution in [0.5, 0.6) is 5.75 Å². The number of methoxy groups -OCH3 is 2. The lowest BCUT2D eigenvalue weighted by Crippen LogP contribution is -2.44. The molecule has 0 aliphatic carbocycles. The average Bonchev–Trinajstić information content (AvgIpc) is 3.66. The van der Waals surface area contributed by atoms with Gasteiger partial charge in [0, 0.05) is 25.8 Å². The van der Waals surface area contributed by atoms with E-state index in [4.69, 9.17) is 9.84 Å². The van der Waals surface area contributed by atoms with Crippen LogP contribution in [0.3, 0.4) is 0 Å². The Morgan fingerprint density at radius 3 is 2.54 bits per heavy atom. The maximum absolute atomic E-state index is 13.9. The van der Waals surface area contributed by atoms with Crippen molar-refractivity contribution in [2.75, 3.05) is 34.0 Å². The van der Waals surface area contributed by atoms with E-state index < -0.39 is 23.1 Å². The van der Waals surface area contributed by atoms with Crippen LogP contribution in [0.2, 0.25) is 0 Å². The summed E-state index contributed by atoms with van der Waals surface area (Å²) in [6, 6.07) is 3.31. The number of nitrogens with zero attached hydrogens (tertiary/aromatic N) is 5. The Morgan fingerprint density at radius 1 is 1.21 bits per heavy atom. The van der Waals surface area contributed by atoms with Crippen LogP contribution in [0.15, 0.2) is 40.2 Å². The molecule has 3 aromatic heterocycles. The zero-order valence-corrected chi connectivity index (χ0v) is 22.5. The number of fused-ring (bicyclic) bond motifs is 1. The van der Waals surface area contributed by atoms with Crippen LogP contribution >= 0.6 is 11.3 Å². The van der Waals surface area contributed by atoms with Gasteiger partial charge in [-0.3, -0.25) is 14.2 Å². The molecule has 39 heavy (non-hydrogen) atoms. The molecule has 0 saturated carbocycles. The number of carbonyl (C=O) groups is 1. The number of aryl methyl sites for hydroxylation is 3. The van der Waals surface area contributed by atoms with Crippen LogP contribution in [-0.4, -0.2) is 69.1 Å². The van der Waals surface area contributed by atoms with Crippen LogP contribution < -0.4 is 21.3 Å². The molecule has 2 N–H and O–H groups in total. The molecule has 1 saturated heterocycles. The number of hydrogen-bond donors (Lipinski definition) is 2. The van der Waals surface area contributed by atoms with Crippen molar-refractivity contribution in [3.63, 3.8) is 0 Å². The largest absolute Gasteiger partial charge is 0.496 e. The van der Waals surface area contributed by atoms with E-state index >= 15 is 0 Å². The molecule has 1 amide bonds. The SMILES string of the molecule is COCCO.COc1ccc(F)cc1CCn1c(=O)n(C2CCNC2=O)c(=O)c2c(C)c(-n3nccn3)sc21. The highest BCUT2D eigenvalue weighted by Gasteiger charge is 2.31. The second-order valence-electron chi connectivity index (χ2n) is 8.66. The van der Waals surface area contributed by atoms with Gasteiger partial charge in [0.2, 0.25) is 5.91 Å². The van der Waals surface area contributed by atoms with E-state index in [0.717, 1.165) is 4.57 Å². The highest BCUT2D eigenvalue weighted by atomic mass is 32.1. The van der Waals surface area contributed by atoms with Crippen molar-refractivity contribution in [1.29, 1.82) is 0 Å². The fourth-order valence-corrected chi connectivity index (χ4v) is 5.67. The number of aromatic nitrogens is 5. The predicted molar refractivity (Wildman–Crippen MR) is 142 cm³/mol. The van der Waals surface area contributed by atoms with E-state index in [1.165, 1.54) is 58.4 Å². The second-order valence-corrected chi connectivity index (χ2v) is 9.64. The summed E-state index contributed by atoms with van der Waals surface area (Å²) in [6.07, 6.45) is 3.66. The van der Waals surface area contributed by atoms with Gasteiger partial charge < -0.3 is 19.9 Å². The Bertz CT molecular complexity index is 1580. The Morgan fingerprint density at radius 2 is 1.95 bits per heavy atom. The summed E-state index contributed by atoms with van der Waals surface area (Å²) >= 11 is 1.22. The lowest BCUT2D eigenvalue weighted by atomic mass is 10.1. The maximum Gasteiger partial charge on any atom is 0.332 e. The van der Waals surface area contributed by atoms with Crippen molar-refractivity contribution in [3.8, 4) is 10.8 Å². The van der Waals surface area contributed by atoms with Crippen LogP contribution in [0.1, 0.15) is 23.6 Å². The number of hydrogen-bond acceptors (Lipinski definition) is 9. The van der Waals surface area contributed by atoms with Gasteiger partial charge in [-0.25, -0.2) is 13.8 Å². The molecule has 0 bridgehead atoms. The molecule has 0 spiro atoms. The first-order valence-corrected chi connectivity index (χ1v) is 13.0. The molecule has 1 aliphatic heterocycles. The van der Waals surface area contributed by atoms with E-state index in [-0.39, 0.29) is 25.5 Å². The van der Waals surface area contributed by atoms with Gasteiger partial charge in [-0.1, -0.05) is 11.3 Å². The number of rotatable bonds is 8. The smallest absolute Gasteiger partial charge is 0.332 e. The van der Waals surface area contributed by atoms with Crippen LogP contribution in [-0.2, 0) is 22.5 Å². The Balaban J connectivity index is 0.000000648. The Hall–Kier alpha value is -3.88. The number of aliphatic hydroxyl groups is 1. The summed E-state index contributed by atoms with van der Waals surface area (Å²) in [4.78, 5) is 41.4. The van der Waals surface area contributed by atoms with Gasteiger partial charge in [-0.15, -0.1) is 4.80 Å². The van der Waals surface area contributed by atoms with Gasteiger partial charge in [-0.05, 0) is 43.5 Å². The third kappa shape index (κ3) is 5.62. The molecular weight excluding hydrogens is 531 g/mol. The number of carbonyl (C=O) groups excluding carboxylic acids is 1. The molecule has 1 aliphatic rings. The predicted octanol–water partition coefficient (Wildman–Crippen LogP) is 1.19. The molecule has 4 heterocycles. The number of amides is 1. The Labute approximate surface area is 226 Å². The highest BCUT2D eigenvalue weighted by molar-refractivity contribution is 7.21. The van der Waals surface area contributed by atoms with Gasteiger partial charge >= 0.3 is 5.69 Å². The summed E-state index contributed by atoms with van der Waals surface area (Å²) < 4.78 is 26.2. The maximum atomic E-state index is 13.9. The minimum Gasteiger partial charge on any atom is -0.496 e. The first kappa shape index (κ1) is 28.1. The first-order valence-electron chi connectivity index (χ1n) is 12.2. The molecule has 1 aromatic carbocycles. The number of benzene rings is 1. The molecule has 1 fully saturated rings. The third-order valence-electron chi connectivity index (χ3n) is 6.29. The monoisotopic (exact) mass is 560 g/mol. The van der Waals surface area contributed by atoms with Crippen LogP contribution in [0.25, 0.3) is 15.2 Å². The average molecular weight is 561 g/mol. The normalized spacial score (nSPS) is 14.8. The quantitative estimate of drug-likeness (QED) is 0.327. The van der Waals surface area contributed by atoms with Gasteiger partial charge in [-0.2, -0.15) is 10.2 Å². The van der Waals surface area contributed by atoms with Crippen LogP contribution in [0, 0.1) is 12.7 Å². The molecule has 12 nitrogen and oxygen atoms in total. The standard InChI is InChI=1S/C22H21FN6O4S.C3H8O2/c1-12-17-19(31)28(15-5-7-24-18(15)30)22(32)27(21(17)34-20(12)29-25-8-9-26-29)10-6-13-11-14(23)3-4-16(13)33-2;1-5-3-2-4/h3-4,8-9,11,15H,5-7,10H2,1-2H3,(H,24,30);4H,2-3H2,1H3. The summed E-state index contributed by atoms with van der Waals surface area (Å²) in [7, 11) is 3.04. The zero-order valence-electron chi connectivity index (χ0n) is 21.7. The van der Waals surface area contributed by atoms with E-state index in [1.807, 2.05) is 0 Å². The summed E-state index contributed by atoms with van der Waals surface area (Å²) in [5.41, 5.74) is 0.0940. The van der Waals surface area contributed by atoms with Crippen molar-refractivity contribution in [2.45, 2.75) is 32.4 Å². The number of aliphatic hydroxyl groups excluding tert-OH is 1. The van der Waals surface area contributed by atoms with Crippen molar-refractivity contribution in [3.05, 3.63) is 68.4 Å². The van der Waals surface area contributed by atoms with Crippen molar-refractivity contribution in [2.24, 2.45) is 0 Å². The van der Waals surface area contributed by atoms with E-state index in [0.29, 0.717) is 51.7 Å². The number of ether oxygens (including phenoxy) is 2. The first-order chi connectivity index (χ1) is 18.8. The molecular formula is C25H29FN6O6S. The molecule has 4 aromatic rings. The minimum absolute atomic E-state index is 0.122. The van der Waals surface area contributed by atoms with Crippen molar-refractivity contribution >= 4 is 27.5 Å². The minimum atomic E-state index is -0.884. The van der Waals surface area contributed by atoms with Crippen molar-refractivity contribution in [1.82, 2.24) is 29.4 Å². The number of halogens is 1. The van der Waals surface area contributed by atoms with E-state index in [1.54, 1.807) is 14.0 Å². The molecule has 5 rings (SSSR count). The highest BCUT2D eigenvalue weighted by Crippen LogP contribution is 2.31. The zero-order chi connectivity index (χ0) is 28.1. The number of nitrogens with one attached hydrogen (secondary N) is 1. The fraction of sp³-hybridized carbons (Fsp3) is 0.400. The molecule has 208 valence electrons. The molecule has 1 unspecified atom stereocenters. The Kier molecular flexibility index (Phi) is 8.89. The lowest BCUT2D eigenvalue weighted by molar-refractivity contribution is -0.122. The van der Waals surface area contributed by atoms with Crippen LogP contribution in [0.4, 0.5) is 4.39 Å². The fourth-order valence-electron chi connectivity index (χ4n) is 4.43. The van der Waals surface area contributed by atoms with Gasteiger partial charge in [0.15, 0.2) is 0 Å². The van der Waals surface area contributed by atoms with Gasteiger partial charge in [0.25, 0.3) is 5.56 Å². The van der Waals surface area contributed by atoms with Crippen molar-refractivity contribution < 1.29 is 23.8 Å². The van der Waals surface area contributed by atoms with E-state index in [9.17, 15) is 18.8 Å². The number of thiophene rings is 1. The molecule has 0 radical (unpaired) electrons. The summed E-state index contributed by atoms with van der Waals surface area (Å²) in [5, 5.41) is 19.9. The third-order valence-corrected chi connectivity index (χ3v) is 7.57. The van der Waals surface area contributed by atoms with E-state index in [2.05, 4.69) is 20.3 Å². The molecule has 14 heteroatoms. The lowest BCUT2D eigenvalue weighted by Gasteiger charge is -2.16. The summed E-state index contributed by atoms with van der Waals surface area (Å²) in [5.74, 6) is -0.281. The topological polar surface area (TPSA) is 142 Å². The second kappa shape index (κ2) is 12.3.